The van der Waals surface area contributed by atoms with Crippen molar-refractivity contribution in [2.45, 2.75) is 39.7 Å². The maximum absolute atomic E-state index is 11.4. The Morgan fingerprint density at radius 3 is 2.64 bits per heavy atom. The molecule has 0 N–H and O–H groups in total. The van der Waals surface area contributed by atoms with Crippen LogP contribution in [-0.4, -0.2) is 30.9 Å². The molecule has 0 radical (unpaired) electrons. The van der Waals surface area contributed by atoms with E-state index in [1.807, 2.05) is 19.1 Å². The zero-order valence-corrected chi connectivity index (χ0v) is 13.3. The lowest BCUT2D eigenvalue weighted by atomic mass is 9.94. The van der Waals surface area contributed by atoms with Crippen molar-refractivity contribution in [3.8, 4) is 0 Å². The monoisotopic (exact) mass is 306 g/mol. The van der Waals surface area contributed by atoms with E-state index in [9.17, 15) is 14.4 Å². The molecule has 1 heterocycles. The second kappa shape index (κ2) is 8.32. The number of rotatable bonds is 7. The number of ether oxygens (including phenoxy) is 2. The summed E-state index contributed by atoms with van der Waals surface area (Å²) >= 11 is 0. The fraction of sp³-hybridized carbons (Fsp3) is 0.471. The molecule has 0 saturated carbocycles. The number of aldehydes is 1. The predicted molar refractivity (Wildman–Crippen MR) is 82.0 cm³/mol. The van der Waals surface area contributed by atoms with Crippen LogP contribution in [0.4, 0.5) is 0 Å². The first-order chi connectivity index (χ1) is 10.3. The van der Waals surface area contributed by atoms with Gasteiger partial charge in [-0.15, -0.1) is 0 Å². The number of cyclic esters (lactones) is 1. The fourth-order valence-corrected chi connectivity index (χ4v) is 2.17. The lowest BCUT2D eigenvalue weighted by Crippen LogP contribution is -2.26. The molecule has 0 aromatic heterocycles. The summed E-state index contributed by atoms with van der Waals surface area (Å²) in [7, 11) is 0. The summed E-state index contributed by atoms with van der Waals surface area (Å²) in [4.78, 5) is 33.2. The van der Waals surface area contributed by atoms with Gasteiger partial charge in [0.05, 0.1) is 5.92 Å². The summed E-state index contributed by atoms with van der Waals surface area (Å²) in [6.07, 6.45) is 5.38. The van der Waals surface area contributed by atoms with Crippen LogP contribution < -0.4 is 0 Å². The van der Waals surface area contributed by atoms with Gasteiger partial charge in [0.2, 0.25) is 0 Å². The molecule has 1 rings (SSSR count). The van der Waals surface area contributed by atoms with Gasteiger partial charge in [0.15, 0.2) is 0 Å². The summed E-state index contributed by atoms with van der Waals surface area (Å²) in [5.41, 5.74) is 2.02. The molecule has 5 heteroatoms. The molecule has 0 aliphatic carbocycles. The normalized spacial score (nSPS) is 20.6. The summed E-state index contributed by atoms with van der Waals surface area (Å²) in [5, 5.41) is 0. The molecule has 0 amide bonds. The molecule has 1 fully saturated rings. The Balaban J connectivity index is 2.77. The summed E-state index contributed by atoms with van der Waals surface area (Å²) < 4.78 is 10.2. The number of hydrogen-bond acceptors (Lipinski definition) is 5. The van der Waals surface area contributed by atoms with Gasteiger partial charge >= 0.3 is 11.9 Å². The molecule has 22 heavy (non-hydrogen) atoms. The highest BCUT2D eigenvalue weighted by atomic mass is 16.6. The van der Waals surface area contributed by atoms with Crippen molar-refractivity contribution in [3.05, 3.63) is 35.5 Å². The minimum Gasteiger partial charge on any atom is -0.462 e. The highest BCUT2D eigenvalue weighted by molar-refractivity contribution is 5.90. The van der Waals surface area contributed by atoms with E-state index in [2.05, 4.69) is 6.58 Å². The standard InChI is InChI=1S/C17H22O5/c1-11(6-5-7-12(2)9-18)8-16(22-14(4)19)15-10-21-17(20)13(15)3/h7-9,15-16H,3,5-6,10H2,1-2,4H3. The van der Waals surface area contributed by atoms with Gasteiger partial charge in [-0.3, -0.25) is 9.59 Å². The third kappa shape index (κ3) is 5.31. The molecule has 2 unspecified atom stereocenters. The van der Waals surface area contributed by atoms with E-state index in [0.29, 0.717) is 11.1 Å². The van der Waals surface area contributed by atoms with Gasteiger partial charge < -0.3 is 9.47 Å². The number of allylic oxidation sites excluding steroid dienone is 3. The average Bonchev–Trinajstić information content (AvgIpc) is 2.77. The molecule has 0 spiro atoms. The van der Waals surface area contributed by atoms with Crippen LogP contribution >= 0.6 is 0 Å². The third-order valence-electron chi connectivity index (χ3n) is 3.44. The quantitative estimate of drug-likeness (QED) is 0.313. The van der Waals surface area contributed by atoms with Crippen molar-refractivity contribution in [3.63, 3.8) is 0 Å². The van der Waals surface area contributed by atoms with E-state index in [4.69, 9.17) is 9.47 Å². The summed E-state index contributed by atoms with van der Waals surface area (Å²) in [5.74, 6) is -1.21. The Kier molecular flexibility index (Phi) is 6.76. The molecule has 1 aliphatic rings. The Morgan fingerprint density at radius 1 is 1.45 bits per heavy atom. The largest absolute Gasteiger partial charge is 0.462 e. The van der Waals surface area contributed by atoms with E-state index in [-0.39, 0.29) is 12.5 Å². The first kappa shape index (κ1) is 17.9. The molecule has 0 aromatic carbocycles. The maximum Gasteiger partial charge on any atom is 0.333 e. The van der Waals surface area contributed by atoms with Crippen LogP contribution in [0.1, 0.15) is 33.6 Å². The van der Waals surface area contributed by atoms with Crippen LogP contribution in [0.5, 0.6) is 0 Å². The molecular weight excluding hydrogens is 284 g/mol. The minimum absolute atomic E-state index is 0.170. The zero-order valence-electron chi connectivity index (χ0n) is 13.3. The van der Waals surface area contributed by atoms with Gasteiger partial charge in [0, 0.05) is 12.5 Å². The van der Waals surface area contributed by atoms with Crippen molar-refractivity contribution >= 4 is 18.2 Å². The Bertz CT molecular complexity index is 527. The average molecular weight is 306 g/mol. The second-order valence-corrected chi connectivity index (χ2v) is 5.42. The van der Waals surface area contributed by atoms with Gasteiger partial charge in [-0.05, 0) is 38.3 Å². The van der Waals surface area contributed by atoms with Gasteiger partial charge in [-0.2, -0.15) is 0 Å². The maximum atomic E-state index is 11.4. The highest BCUT2D eigenvalue weighted by Gasteiger charge is 2.36. The van der Waals surface area contributed by atoms with Crippen molar-refractivity contribution in [2.24, 2.45) is 5.92 Å². The lowest BCUT2D eigenvalue weighted by molar-refractivity contribution is -0.145. The number of esters is 2. The van der Waals surface area contributed by atoms with Crippen LogP contribution in [0.15, 0.2) is 35.5 Å². The molecule has 2 atom stereocenters. The molecule has 1 aliphatic heterocycles. The molecular formula is C17H22O5. The van der Waals surface area contributed by atoms with E-state index in [1.165, 1.54) is 6.92 Å². The number of carbonyl (C=O) groups is 3. The highest BCUT2D eigenvalue weighted by Crippen LogP contribution is 2.27. The van der Waals surface area contributed by atoms with Gasteiger partial charge in [-0.25, -0.2) is 4.79 Å². The SMILES string of the molecule is C=C1C(=O)OCC1C(C=C(C)CCC=C(C)C=O)OC(C)=O. The smallest absolute Gasteiger partial charge is 0.333 e. The van der Waals surface area contributed by atoms with E-state index in [1.54, 1.807) is 6.92 Å². The van der Waals surface area contributed by atoms with E-state index < -0.39 is 18.0 Å². The van der Waals surface area contributed by atoms with Gasteiger partial charge in [0.25, 0.3) is 0 Å². The van der Waals surface area contributed by atoms with Crippen LogP contribution in [0.3, 0.4) is 0 Å². The van der Waals surface area contributed by atoms with E-state index >= 15 is 0 Å². The van der Waals surface area contributed by atoms with Gasteiger partial charge in [0.1, 0.15) is 19.0 Å². The number of carbonyl (C=O) groups excluding carboxylic acids is 3. The minimum atomic E-state index is -0.562. The Labute approximate surface area is 130 Å². The third-order valence-corrected chi connectivity index (χ3v) is 3.44. The van der Waals surface area contributed by atoms with Crippen LogP contribution in [-0.2, 0) is 23.9 Å². The van der Waals surface area contributed by atoms with Crippen LogP contribution in [0.25, 0.3) is 0 Å². The summed E-state index contributed by atoms with van der Waals surface area (Å²) in [6, 6.07) is 0. The van der Waals surface area contributed by atoms with Crippen LogP contribution in [0.2, 0.25) is 0 Å². The first-order valence-electron chi connectivity index (χ1n) is 7.17. The molecule has 0 bridgehead atoms. The van der Waals surface area contributed by atoms with Gasteiger partial charge in [-0.1, -0.05) is 18.2 Å². The Morgan fingerprint density at radius 2 is 2.14 bits per heavy atom. The van der Waals surface area contributed by atoms with E-state index in [0.717, 1.165) is 24.7 Å². The second-order valence-electron chi connectivity index (χ2n) is 5.42. The molecule has 120 valence electrons. The van der Waals surface area contributed by atoms with Crippen LogP contribution in [0, 0.1) is 5.92 Å². The predicted octanol–water partition coefficient (Wildman–Crippen LogP) is 2.52. The van der Waals surface area contributed by atoms with Crippen molar-refractivity contribution in [1.82, 2.24) is 0 Å². The topological polar surface area (TPSA) is 69.7 Å². The molecule has 0 aromatic rings. The van der Waals surface area contributed by atoms with Crippen molar-refractivity contribution in [2.75, 3.05) is 6.61 Å². The summed E-state index contributed by atoms with van der Waals surface area (Å²) in [6.45, 7) is 8.87. The fourth-order valence-electron chi connectivity index (χ4n) is 2.17. The first-order valence-corrected chi connectivity index (χ1v) is 7.17. The van der Waals surface area contributed by atoms with Crippen molar-refractivity contribution < 1.29 is 23.9 Å². The molecule has 5 nitrogen and oxygen atoms in total. The molecule has 1 saturated heterocycles. The lowest BCUT2D eigenvalue weighted by Gasteiger charge is -2.19. The Hall–Kier alpha value is -2.17. The number of hydrogen-bond donors (Lipinski definition) is 0. The zero-order chi connectivity index (χ0) is 16.7. The van der Waals surface area contributed by atoms with Crippen molar-refractivity contribution in [1.29, 1.82) is 0 Å².